The summed E-state index contributed by atoms with van der Waals surface area (Å²) in [6.07, 6.45) is 12.1. The van der Waals surface area contributed by atoms with Gasteiger partial charge in [-0.3, -0.25) is 14.4 Å². The number of ether oxygens (including phenoxy) is 1. The van der Waals surface area contributed by atoms with Crippen LogP contribution in [0.15, 0.2) is 36.0 Å². The third-order valence-corrected chi connectivity index (χ3v) is 8.53. The molecule has 1 N–H and O–H groups in total. The van der Waals surface area contributed by atoms with Crippen molar-refractivity contribution in [2.45, 2.75) is 52.6 Å². The highest BCUT2D eigenvalue weighted by Crippen LogP contribution is 2.67. The number of fused-ring (bicyclic) bond motifs is 5. The Labute approximate surface area is 171 Å². The Bertz CT molecular complexity index is 866. The summed E-state index contributed by atoms with van der Waals surface area (Å²) >= 11 is 0. The summed E-state index contributed by atoms with van der Waals surface area (Å²) in [5.41, 5.74) is -1.20. The fraction of sp³-hybridized carbons (Fsp3) is 0.625. The van der Waals surface area contributed by atoms with Crippen molar-refractivity contribution in [1.29, 1.82) is 0 Å². The monoisotopic (exact) mass is 398 g/mol. The Kier molecular flexibility index (Phi) is 4.54. The van der Waals surface area contributed by atoms with Crippen molar-refractivity contribution >= 4 is 17.5 Å². The van der Waals surface area contributed by atoms with E-state index in [0.29, 0.717) is 5.92 Å². The number of esters is 1. The molecule has 2 fully saturated rings. The highest BCUT2D eigenvalue weighted by Gasteiger charge is 2.68. The second-order valence-corrected chi connectivity index (χ2v) is 9.83. The molecule has 2 saturated carbocycles. The fourth-order valence-electron chi connectivity index (χ4n) is 6.87. The van der Waals surface area contributed by atoms with Gasteiger partial charge in [-0.1, -0.05) is 39.0 Å². The minimum absolute atomic E-state index is 0.0288. The summed E-state index contributed by atoms with van der Waals surface area (Å²) in [7, 11) is 0. The summed E-state index contributed by atoms with van der Waals surface area (Å²) in [5, 5.41) is 11.7. The Morgan fingerprint density at radius 2 is 1.97 bits per heavy atom. The molecule has 4 aliphatic rings. The van der Waals surface area contributed by atoms with Crippen LogP contribution in [0.5, 0.6) is 0 Å². The van der Waals surface area contributed by atoms with Crippen LogP contribution in [0.25, 0.3) is 0 Å². The minimum atomic E-state index is -1.50. The first-order valence-electron chi connectivity index (χ1n) is 10.6. The van der Waals surface area contributed by atoms with Gasteiger partial charge < -0.3 is 9.84 Å². The lowest BCUT2D eigenvalue weighted by Gasteiger charge is -2.56. The normalized spacial score (nSPS) is 45.1. The molecule has 0 spiro atoms. The maximum atomic E-state index is 13.0. The molecule has 0 aromatic heterocycles. The van der Waals surface area contributed by atoms with Crippen molar-refractivity contribution in [3.05, 3.63) is 36.0 Å². The van der Waals surface area contributed by atoms with Crippen molar-refractivity contribution in [2.24, 2.45) is 34.5 Å². The maximum absolute atomic E-state index is 13.0. The van der Waals surface area contributed by atoms with Crippen molar-refractivity contribution < 1.29 is 24.2 Å². The van der Waals surface area contributed by atoms with Gasteiger partial charge in [0.2, 0.25) is 5.78 Å². The van der Waals surface area contributed by atoms with Crippen LogP contribution in [-0.2, 0) is 19.1 Å². The third kappa shape index (κ3) is 2.66. The molecule has 29 heavy (non-hydrogen) atoms. The van der Waals surface area contributed by atoms with Crippen molar-refractivity contribution in [1.82, 2.24) is 0 Å². The second-order valence-electron chi connectivity index (χ2n) is 9.83. The number of ketones is 2. The lowest BCUT2D eigenvalue weighted by atomic mass is 9.48. The second kappa shape index (κ2) is 6.49. The number of aliphatic hydroxyl groups is 1. The summed E-state index contributed by atoms with van der Waals surface area (Å²) in [6.45, 7) is 7.06. The van der Waals surface area contributed by atoms with Gasteiger partial charge in [0.05, 0.1) is 0 Å². The van der Waals surface area contributed by atoms with Gasteiger partial charge in [-0.15, -0.1) is 0 Å². The van der Waals surface area contributed by atoms with E-state index in [1.54, 1.807) is 12.2 Å². The summed E-state index contributed by atoms with van der Waals surface area (Å²) in [6, 6.07) is 0. The Morgan fingerprint density at radius 3 is 2.66 bits per heavy atom. The highest BCUT2D eigenvalue weighted by molar-refractivity contribution is 6.01. The number of hydrogen-bond acceptors (Lipinski definition) is 5. The topological polar surface area (TPSA) is 80.7 Å². The average Bonchev–Trinajstić information content (AvgIpc) is 2.88. The van der Waals surface area contributed by atoms with E-state index in [9.17, 15) is 19.5 Å². The zero-order chi connectivity index (χ0) is 21.2. The molecule has 0 radical (unpaired) electrons. The minimum Gasteiger partial charge on any atom is -0.458 e. The maximum Gasteiger partial charge on any atom is 0.303 e. The van der Waals surface area contributed by atoms with Gasteiger partial charge in [-0.05, 0) is 60.7 Å². The van der Waals surface area contributed by atoms with Gasteiger partial charge >= 0.3 is 5.97 Å². The van der Waals surface area contributed by atoms with E-state index in [1.807, 2.05) is 19.9 Å². The molecule has 5 heteroatoms. The number of Topliss-reactive ketones (excluding diaryl/α,β-unsaturated/α-hetero) is 1. The third-order valence-electron chi connectivity index (χ3n) is 8.53. The van der Waals surface area contributed by atoms with E-state index in [4.69, 9.17) is 4.74 Å². The molecule has 156 valence electrons. The average molecular weight is 398 g/mol. The fourth-order valence-corrected chi connectivity index (χ4v) is 6.87. The number of carbonyl (C=O) groups is 3. The predicted octanol–water partition coefficient (Wildman–Crippen LogP) is 3.18. The molecule has 7 atom stereocenters. The Balaban J connectivity index is 1.69. The van der Waals surface area contributed by atoms with Crippen molar-refractivity contribution in [3.8, 4) is 0 Å². The van der Waals surface area contributed by atoms with Gasteiger partial charge in [0.25, 0.3) is 0 Å². The molecule has 0 saturated heterocycles. The number of rotatable bonds is 3. The van der Waals surface area contributed by atoms with Gasteiger partial charge in [-0.25, -0.2) is 0 Å². The van der Waals surface area contributed by atoms with E-state index in [-0.39, 0.29) is 35.6 Å². The highest BCUT2D eigenvalue weighted by atomic mass is 16.5. The first-order chi connectivity index (χ1) is 13.5. The van der Waals surface area contributed by atoms with Crippen LogP contribution in [0.3, 0.4) is 0 Å². The zero-order valence-electron chi connectivity index (χ0n) is 17.6. The Hall–Kier alpha value is -2.01. The molecule has 0 aliphatic heterocycles. The molecule has 0 unspecified atom stereocenters. The van der Waals surface area contributed by atoms with E-state index in [0.717, 1.165) is 24.8 Å². The number of allylic oxidation sites excluding steroid dienone is 6. The smallest absolute Gasteiger partial charge is 0.303 e. The van der Waals surface area contributed by atoms with Crippen LogP contribution >= 0.6 is 0 Å². The van der Waals surface area contributed by atoms with Crippen molar-refractivity contribution in [2.75, 3.05) is 6.61 Å². The molecule has 0 heterocycles. The largest absolute Gasteiger partial charge is 0.458 e. The van der Waals surface area contributed by atoms with Crippen LogP contribution < -0.4 is 0 Å². The predicted molar refractivity (Wildman–Crippen MR) is 108 cm³/mol. The van der Waals surface area contributed by atoms with Gasteiger partial charge in [0.1, 0.15) is 5.60 Å². The summed E-state index contributed by atoms with van der Waals surface area (Å²) in [5.74, 6) is -0.367. The van der Waals surface area contributed by atoms with Gasteiger partial charge in [-0.2, -0.15) is 0 Å². The first-order valence-corrected chi connectivity index (χ1v) is 10.6. The lowest BCUT2D eigenvalue weighted by molar-refractivity contribution is -0.171. The molecule has 0 aromatic carbocycles. The molecule has 4 rings (SSSR count). The molecule has 0 amide bonds. The number of hydrogen-bond donors (Lipinski definition) is 1. The number of carbonyl (C=O) groups excluding carboxylic acids is 3. The van der Waals surface area contributed by atoms with Crippen molar-refractivity contribution in [3.63, 3.8) is 0 Å². The molecular formula is C24H30O5. The lowest BCUT2D eigenvalue weighted by Crippen LogP contribution is -2.59. The summed E-state index contributed by atoms with van der Waals surface area (Å²) < 4.78 is 4.95. The molecule has 0 bridgehead atoms. The van der Waals surface area contributed by atoms with Crippen LogP contribution in [0.2, 0.25) is 0 Å². The van der Waals surface area contributed by atoms with Crippen LogP contribution in [0, 0.1) is 34.5 Å². The van der Waals surface area contributed by atoms with E-state index >= 15 is 0 Å². The Morgan fingerprint density at radius 1 is 1.24 bits per heavy atom. The quantitative estimate of drug-likeness (QED) is 0.739. The SMILES string of the molecule is CC(=O)OCC(=O)[C@@]1(O)[C@H](C)C[C@H]2[C@@H]3C=CC4=CC(=O)C=C[C@]4(C)[C@H]3CC[C@@]21C. The standard InChI is InChI=1S/C24H30O5/c1-14-11-20-18-6-5-16-12-17(26)7-9-22(16,3)19(18)8-10-23(20,4)24(14,28)21(27)13-29-15(2)25/h5-7,9,12,14,18-20,28H,8,10-11,13H2,1-4H3/t14-,18-,19+,20+,22+,23+,24+/m1/s1. The zero-order valence-corrected chi connectivity index (χ0v) is 17.6. The first kappa shape index (κ1) is 20.3. The van der Waals surface area contributed by atoms with Crippen LogP contribution in [0.4, 0.5) is 0 Å². The van der Waals surface area contributed by atoms with E-state index in [1.165, 1.54) is 6.92 Å². The van der Waals surface area contributed by atoms with E-state index < -0.39 is 22.8 Å². The van der Waals surface area contributed by atoms with Crippen LogP contribution in [-0.4, -0.2) is 34.9 Å². The van der Waals surface area contributed by atoms with E-state index in [2.05, 4.69) is 19.1 Å². The van der Waals surface area contributed by atoms with Gasteiger partial charge in [0, 0.05) is 17.8 Å². The van der Waals surface area contributed by atoms with Gasteiger partial charge in [0.15, 0.2) is 12.4 Å². The van der Waals surface area contributed by atoms with Crippen LogP contribution in [0.1, 0.15) is 47.0 Å². The molecule has 5 nitrogen and oxygen atoms in total. The molecular weight excluding hydrogens is 368 g/mol. The molecule has 4 aliphatic carbocycles. The molecule has 0 aromatic rings. The summed E-state index contributed by atoms with van der Waals surface area (Å²) in [4.78, 5) is 36.1.